The van der Waals surface area contributed by atoms with E-state index in [9.17, 15) is 19.2 Å². The fraction of sp³-hybridized carbons (Fsp3) is 0.452. The van der Waals surface area contributed by atoms with Gasteiger partial charge in [0.2, 0.25) is 0 Å². The molecule has 1 aromatic carbocycles. The van der Waals surface area contributed by atoms with Crippen molar-refractivity contribution in [3.63, 3.8) is 0 Å². The molecule has 9 heteroatoms. The summed E-state index contributed by atoms with van der Waals surface area (Å²) in [6.07, 6.45) is 0.522. The number of hydrogen-bond acceptors (Lipinski definition) is 7. The Morgan fingerprint density at radius 1 is 1.10 bits per heavy atom. The summed E-state index contributed by atoms with van der Waals surface area (Å²) in [5, 5.41) is 3.47. The van der Waals surface area contributed by atoms with Crippen LogP contribution in [0.4, 0.5) is 4.79 Å². The van der Waals surface area contributed by atoms with Gasteiger partial charge in [-0.2, -0.15) is 0 Å². The average Bonchev–Trinajstić information content (AvgIpc) is 3.25. The SMILES string of the molecule is CCc1c2c(nc3ccc(C)cc13)-c1cc3c(c(=O)n1C2)CCC(=O)[C@@]3(CC)OC(=O)CNC(=O)OC(C)(C)C. The van der Waals surface area contributed by atoms with E-state index in [1.165, 1.54) is 0 Å². The number of amides is 1. The summed E-state index contributed by atoms with van der Waals surface area (Å²) in [5.41, 5.74) is 3.81. The first-order chi connectivity index (χ1) is 18.9. The molecule has 0 saturated carbocycles. The zero-order chi connectivity index (χ0) is 29.0. The van der Waals surface area contributed by atoms with Crippen LogP contribution in [-0.2, 0) is 44.1 Å². The lowest BCUT2D eigenvalue weighted by Crippen LogP contribution is -2.48. The Balaban J connectivity index is 1.57. The first kappa shape index (κ1) is 27.6. The Labute approximate surface area is 232 Å². The number of pyridine rings is 2. The molecule has 2 aromatic heterocycles. The van der Waals surface area contributed by atoms with Crippen LogP contribution in [0.2, 0.25) is 0 Å². The number of Topliss-reactive ketones (excluding diaryl/α,β-unsaturated/α-hetero) is 1. The van der Waals surface area contributed by atoms with Crippen LogP contribution in [0, 0.1) is 6.92 Å². The molecule has 5 rings (SSSR count). The van der Waals surface area contributed by atoms with E-state index in [4.69, 9.17) is 14.5 Å². The summed E-state index contributed by atoms with van der Waals surface area (Å²) in [5.74, 6) is -1.06. The molecule has 1 atom stereocenters. The van der Waals surface area contributed by atoms with Gasteiger partial charge in [0.05, 0.1) is 23.4 Å². The molecular weight excluding hydrogens is 510 g/mol. The predicted octanol–water partition coefficient (Wildman–Crippen LogP) is 4.48. The minimum atomic E-state index is -1.63. The Morgan fingerprint density at radius 2 is 1.85 bits per heavy atom. The zero-order valence-corrected chi connectivity index (χ0v) is 23.9. The number of carbonyl (C=O) groups excluding carboxylic acids is 3. The van der Waals surface area contributed by atoms with E-state index in [1.54, 1.807) is 32.3 Å². The standard InChI is InChI=1S/C31H35N3O6/c1-7-18-20-13-17(3)9-11-23(20)33-27-21(18)16-34-24(27)14-22-19(28(34)37)10-12-25(35)31(22,8-2)39-26(36)15-32-29(38)40-30(4,5)6/h9,11,13-14H,7-8,10,12,15-16H2,1-6H3,(H,32,38)/t31-/m0/s1. The number of nitrogens with zero attached hydrogens (tertiary/aromatic N) is 2. The molecule has 210 valence electrons. The Morgan fingerprint density at radius 3 is 2.52 bits per heavy atom. The van der Waals surface area contributed by atoms with Gasteiger partial charge < -0.3 is 19.4 Å². The third-order valence-electron chi connectivity index (χ3n) is 7.72. The summed E-state index contributed by atoms with van der Waals surface area (Å²) in [7, 11) is 0. The van der Waals surface area contributed by atoms with Gasteiger partial charge in [0.1, 0.15) is 12.1 Å². The number of aryl methyl sites for hydroxylation is 2. The lowest BCUT2D eigenvalue weighted by molar-refractivity contribution is -0.169. The van der Waals surface area contributed by atoms with E-state index in [1.807, 2.05) is 25.1 Å². The van der Waals surface area contributed by atoms with Gasteiger partial charge in [0, 0.05) is 28.5 Å². The largest absolute Gasteiger partial charge is 0.445 e. The van der Waals surface area contributed by atoms with E-state index in [2.05, 4.69) is 18.3 Å². The maximum absolute atomic E-state index is 13.9. The minimum Gasteiger partial charge on any atom is -0.445 e. The number of nitrogens with one attached hydrogen (secondary N) is 1. The van der Waals surface area contributed by atoms with E-state index in [0.29, 0.717) is 29.1 Å². The number of aromatic nitrogens is 2. The van der Waals surface area contributed by atoms with E-state index < -0.39 is 29.8 Å². The number of hydrogen-bond donors (Lipinski definition) is 1. The molecule has 9 nitrogen and oxygen atoms in total. The molecule has 1 aliphatic heterocycles. The topological polar surface area (TPSA) is 117 Å². The predicted molar refractivity (Wildman–Crippen MR) is 150 cm³/mol. The van der Waals surface area contributed by atoms with Crippen molar-refractivity contribution in [2.45, 2.75) is 85.0 Å². The van der Waals surface area contributed by atoms with Gasteiger partial charge >= 0.3 is 12.1 Å². The average molecular weight is 546 g/mol. The van der Waals surface area contributed by atoms with Crippen molar-refractivity contribution in [3.8, 4) is 11.4 Å². The molecule has 40 heavy (non-hydrogen) atoms. The van der Waals surface area contributed by atoms with Crippen molar-refractivity contribution in [3.05, 3.63) is 62.4 Å². The number of benzene rings is 1. The maximum atomic E-state index is 13.9. The van der Waals surface area contributed by atoms with Crippen LogP contribution in [-0.4, -0.2) is 39.5 Å². The number of ketones is 1. The van der Waals surface area contributed by atoms with Gasteiger partial charge in [0.15, 0.2) is 11.4 Å². The lowest BCUT2D eigenvalue weighted by atomic mass is 9.76. The Kier molecular flexibility index (Phi) is 6.80. The maximum Gasteiger partial charge on any atom is 0.408 e. The second-order valence-corrected chi connectivity index (χ2v) is 11.5. The van der Waals surface area contributed by atoms with E-state index >= 15 is 0 Å². The van der Waals surface area contributed by atoms with Crippen molar-refractivity contribution in [2.75, 3.05) is 6.54 Å². The van der Waals surface area contributed by atoms with Crippen LogP contribution in [0.25, 0.3) is 22.3 Å². The molecule has 0 spiro atoms. The number of carbonyl (C=O) groups is 3. The molecule has 0 bridgehead atoms. The van der Waals surface area contributed by atoms with Crippen molar-refractivity contribution < 1.29 is 23.9 Å². The molecule has 0 radical (unpaired) electrons. The number of rotatable bonds is 5. The van der Waals surface area contributed by atoms with Gasteiger partial charge in [-0.1, -0.05) is 25.5 Å². The van der Waals surface area contributed by atoms with Crippen molar-refractivity contribution in [2.24, 2.45) is 0 Å². The summed E-state index contributed by atoms with van der Waals surface area (Å²) < 4.78 is 12.8. The first-order valence-electron chi connectivity index (χ1n) is 13.8. The van der Waals surface area contributed by atoms with Crippen LogP contribution < -0.4 is 10.9 Å². The van der Waals surface area contributed by atoms with Gasteiger partial charge in [-0.15, -0.1) is 0 Å². The lowest BCUT2D eigenvalue weighted by Gasteiger charge is -2.36. The molecule has 2 aliphatic rings. The summed E-state index contributed by atoms with van der Waals surface area (Å²) in [6.45, 7) is 11.0. The van der Waals surface area contributed by atoms with Crippen LogP contribution >= 0.6 is 0 Å². The highest BCUT2D eigenvalue weighted by molar-refractivity contribution is 5.94. The third kappa shape index (κ3) is 4.57. The molecule has 3 aromatic rings. The fourth-order valence-corrected chi connectivity index (χ4v) is 5.92. The summed E-state index contributed by atoms with van der Waals surface area (Å²) >= 11 is 0. The van der Waals surface area contributed by atoms with Crippen LogP contribution in [0.1, 0.15) is 75.3 Å². The van der Waals surface area contributed by atoms with Crippen molar-refractivity contribution >= 4 is 28.7 Å². The van der Waals surface area contributed by atoms with Gasteiger partial charge in [-0.3, -0.25) is 14.4 Å². The van der Waals surface area contributed by atoms with E-state index in [0.717, 1.165) is 34.0 Å². The number of esters is 1. The Bertz CT molecular complexity index is 1630. The molecule has 1 amide bonds. The van der Waals surface area contributed by atoms with Crippen LogP contribution in [0.15, 0.2) is 29.1 Å². The van der Waals surface area contributed by atoms with Crippen LogP contribution in [0.3, 0.4) is 0 Å². The molecule has 0 unspecified atom stereocenters. The molecule has 0 saturated heterocycles. The highest BCUT2D eigenvalue weighted by Gasteiger charge is 2.48. The molecular formula is C31H35N3O6. The van der Waals surface area contributed by atoms with Gasteiger partial charge in [-0.25, -0.2) is 9.78 Å². The highest BCUT2D eigenvalue weighted by atomic mass is 16.6. The fourth-order valence-electron chi connectivity index (χ4n) is 5.92. The second kappa shape index (κ2) is 9.87. The second-order valence-electron chi connectivity index (χ2n) is 11.5. The summed E-state index contributed by atoms with van der Waals surface area (Å²) in [4.78, 5) is 57.2. The summed E-state index contributed by atoms with van der Waals surface area (Å²) in [6, 6.07) is 7.94. The van der Waals surface area contributed by atoms with Crippen molar-refractivity contribution in [1.29, 1.82) is 0 Å². The van der Waals surface area contributed by atoms with Crippen molar-refractivity contribution in [1.82, 2.24) is 14.9 Å². The monoisotopic (exact) mass is 545 g/mol. The van der Waals surface area contributed by atoms with E-state index in [-0.39, 0.29) is 30.6 Å². The molecule has 1 aliphatic carbocycles. The third-order valence-corrected chi connectivity index (χ3v) is 7.72. The Hall–Kier alpha value is -4.01. The highest BCUT2D eigenvalue weighted by Crippen LogP contribution is 2.42. The quantitative estimate of drug-likeness (QED) is 0.368. The van der Waals surface area contributed by atoms with Gasteiger partial charge in [0.25, 0.3) is 5.56 Å². The number of alkyl carbamates (subject to hydrolysis) is 1. The zero-order valence-electron chi connectivity index (χ0n) is 23.9. The van der Waals surface area contributed by atoms with Gasteiger partial charge in [-0.05, 0) is 70.7 Å². The smallest absolute Gasteiger partial charge is 0.408 e. The molecule has 3 heterocycles. The van der Waals surface area contributed by atoms with Crippen LogP contribution in [0.5, 0.6) is 0 Å². The molecule has 1 N–H and O–H groups in total. The first-order valence-corrected chi connectivity index (χ1v) is 13.8. The minimum absolute atomic E-state index is 0.0801. The molecule has 0 fully saturated rings. The number of fused-ring (bicyclic) bond motifs is 5. The number of ether oxygens (including phenoxy) is 2. The normalized spacial score (nSPS) is 17.7.